The Labute approximate surface area is 210 Å². The zero-order valence-electron chi connectivity index (χ0n) is 20.7. The molecule has 2 aromatic heterocycles. The highest BCUT2D eigenvalue weighted by molar-refractivity contribution is 6.01. The van der Waals surface area contributed by atoms with Crippen LogP contribution >= 0.6 is 0 Å². The molecule has 0 saturated carbocycles. The lowest BCUT2D eigenvalue weighted by Crippen LogP contribution is -2.45. The minimum Gasteiger partial charge on any atom is -0.497 e. The number of ether oxygens (including phenoxy) is 1. The zero-order chi connectivity index (χ0) is 25.5. The lowest BCUT2D eigenvalue weighted by atomic mass is 10.0. The van der Waals surface area contributed by atoms with Crippen molar-refractivity contribution >= 4 is 28.5 Å². The second-order valence-electron chi connectivity index (χ2n) is 8.86. The molecule has 0 spiro atoms. The van der Waals surface area contributed by atoms with Gasteiger partial charge in [-0.1, -0.05) is 37.3 Å². The van der Waals surface area contributed by atoms with Gasteiger partial charge in [-0.2, -0.15) is 0 Å². The third-order valence-corrected chi connectivity index (χ3v) is 5.85. The number of pyridine rings is 1. The molecule has 9 heteroatoms. The molecule has 0 aliphatic heterocycles. The summed E-state index contributed by atoms with van der Waals surface area (Å²) in [5.74, 6) is 0.481. The molecule has 0 saturated heterocycles. The Bertz CT molecular complexity index is 1300. The summed E-state index contributed by atoms with van der Waals surface area (Å²) in [6, 6.07) is 17.1. The van der Waals surface area contributed by atoms with E-state index in [1.165, 1.54) is 4.90 Å². The van der Waals surface area contributed by atoms with Crippen LogP contribution in [0.3, 0.4) is 0 Å². The average molecular weight is 487 g/mol. The van der Waals surface area contributed by atoms with Gasteiger partial charge in [0.1, 0.15) is 23.9 Å². The van der Waals surface area contributed by atoms with Gasteiger partial charge in [0.25, 0.3) is 0 Å². The van der Waals surface area contributed by atoms with Gasteiger partial charge in [0.05, 0.1) is 12.6 Å². The smallest absolute Gasteiger partial charge is 0.249 e. The lowest BCUT2D eigenvalue weighted by molar-refractivity contribution is -0.127. The number of nitrogens with one attached hydrogen (secondary N) is 1. The monoisotopic (exact) mass is 486 g/mol. The van der Waals surface area contributed by atoms with Crippen molar-refractivity contribution in [2.24, 2.45) is 5.92 Å². The molecule has 0 bridgehead atoms. The van der Waals surface area contributed by atoms with Gasteiger partial charge in [0.15, 0.2) is 0 Å². The fourth-order valence-electron chi connectivity index (χ4n) is 3.95. The molecule has 0 radical (unpaired) electrons. The van der Waals surface area contributed by atoms with Crippen molar-refractivity contribution in [2.75, 3.05) is 18.6 Å². The molecular weight excluding hydrogens is 456 g/mol. The maximum atomic E-state index is 13.9. The summed E-state index contributed by atoms with van der Waals surface area (Å²) in [4.78, 5) is 33.2. The number of fused-ring (bicyclic) bond motifs is 1. The Kier molecular flexibility index (Phi) is 7.89. The van der Waals surface area contributed by atoms with Gasteiger partial charge >= 0.3 is 0 Å². The maximum Gasteiger partial charge on any atom is 0.249 e. The second kappa shape index (κ2) is 11.4. The normalized spacial score (nSPS) is 11.9. The molecule has 1 N–H and O–H groups in total. The van der Waals surface area contributed by atoms with Crippen molar-refractivity contribution in [3.05, 3.63) is 78.6 Å². The molecule has 4 aromatic rings. The van der Waals surface area contributed by atoms with E-state index in [1.54, 1.807) is 60.6 Å². The van der Waals surface area contributed by atoms with Gasteiger partial charge in [-0.25, -0.2) is 4.68 Å². The van der Waals surface area contributed by atoms with Crippen molar-refractivity contribution in [1.29, 1.82) is 0 Å². The Hall–Kier alpha value is -4.27. The first-order valence-corrected chi connectivity index (χ1v) is 11.9. The van der Waals surface area contributed by atoms with Crippen LogP contribution in [0, 0.1) is 5.92 Å². The number of carbonyl (C=O) groups is 2. The number of aromatic nitrogens is 4. The molecule has 186 valence electrons. The van der Waals surface area contributed by atoms with Crippen LogP contribution in [0.4, 0.5) is 5.69 Å². The van der Waals surface area contributed by atoms with Crippen molar-refractivity contribution in [3.63, 3.8) is 0 Å². The number of nitrogens with zero attached hydrogens (tertiary/aromatic N) is 5. The molecule has 1 unspecified atom stereocenters. The number of para-hydroxylation sites is 1. The maximum absolute atomic E-state index is 13.9. The first-order chi connectivity index (χ1) is 17.5. The molecule has 1 atom stereocenters. The predicted molar refractivity (Wildman–Crippen MR) is 137 cm³/mol. The quantitative estimate of drug-likeness (QED) is 0.366. The SMILES string of the molecule is COc1ccc(N(C(=O)Cn2nnc3ccccc32)C(C(=O)NCCC(C)C)c2cccnc2)cc1. The van der Waals surface area contributed by atoms with Gasteiger partial charge in [0, 0.05) is 30.2 Å². The highest BCUT2D eigenvalue weighted by atomic mass is 16.5. The van der Waals surface area contributed by atoms with Crippen LogP contribution < -0.4 is 15.0 Å². The number of carbonyl (C=O) groups excluding carboxylic acids is 2. The molecule has 4 rings (SSSR count). The number of methoxy groups -OCH3 is 1. The van der Waals surface area contributed by atoms with Crippen molar-refractivity contribution in [3.8, 4) is 5.75 Å². The van der Waals surface area contributed by atoms with Crippen LogP contribution in [0.1, 0.15) is 31.9 Å². The highest BCUT2D eigenvalue weighted by Gasteiger charge is 2.33. The van der Waals surface area contributed by atoms with Crippen LogP contribution in [0.15, 0.2) is 73.1 Å². The summed E-state index contributed by atoms with van der Waals surface area (Å²) >= 11 is 0. The Morgan fingerprint density at radius 1 is 1.06 bits per heavy atom. The second-order valence-corrected chi connectivity index (χ2v) is 8.86. The predicted octanol–water partition coefficient (Wildman–Crippen LogP) is 3.77. The number of hydrogen-bond acceptors (Lipinski definition) is 6. The Morgan fingerprint density at radius 2 is 1.83 bits per heavy atom. The van der Waals surface area contributed by atoms with Crippen molar-refractivity contribution in [1.82, 2.24) is 25.3 Å². The minimum atomic E-state index is -0.929. The number of rotatable bonds is 10. The number of amides is 2. The Morgan fingerprint density at radius 3 is 2.53 bits per heavy atom. The van der Waals surface area contributed by atoms with Crippen LogP contribution in [-0.2, 0) is 16.1 Å². The van der Waals surface area contributed by atoms with E-state index in [0.717, 1.165) is 11.9 Å². The summed E-state index contributed by atoms with van der Waals surface area (Å²) in [6.45, 7) is 4.61. The third-order valence-electron chi connectivity index (χ3n) is 5.85. The summed E-state index contributed by atoms with van der Waals surface area (Å²) in [5, 5.41) is 11.3. The van der Waals surface area contributed by atoms with Crippen LogP contribution in [0.2, 0.25) is 0 Å². The van der Waals surface area contributed by atoms with Gasteiger partial charge in [0.2, 0.25) is 11.8 Å². The van der Waals surface area contributed by atoms with E-state index in [9.17, 15) is 9.59 Å². The fourth-order valence-corrected chi connectivity index (χ4v) is 3.95. The van der Waals surface area contributed by atoms with E-state index in [0.29, 0.717) is 35.0 Å². The molecular formula is C27H30N6O3. The first-order valence-electron chi connectivity index (χ1n) is 11.9. The molecule has 2 aromatic carbocycles. The van der Waals surface area contributed by atoms with E-state index >= 15 is 0 Å². The van der Waals surface area contributed by atoms with Crippen LogP contribution in [-0.4, -0.2) is 45.4 Å². The standard InChI is InChI=1S/C27H30N6O3/c1-19(2)14-16-29-27(35)26(20-7-6-15-28-17-20)33(21-10-12-22(36-3)13-11-21)25(34)18-32-24-9-5-4-8-23(24)30-31-32/h4-13,15,17,19,26H,14,16,18H2,1-3H3,(H,29,35). The van der Waals surface area contributed by atoms with E-state index in [1.807, 2.05) is 24.3 Å². The summed E-state index contributed by atoms with van der Waals surface area (Å²) < 4.78 is 6.84. The van der Waals surface area contributed by atoms with E-state index in [-0.39, 0.29) is 18.4 Å². The van der Waals surface area contributed by atoms with Crippen LogP contribution in [0.25, 0.3) is 11.0 Å². The van der Waals surface area contributed by atoms with E-state index in [4.69, 9.17) is 4.74 Å². The Balaban J connectivity index is 1.74. The fraction of sp³-hybridized carbons (Fsp3) is 0.296. The average Bonchev–Trinajstić information content (AvgIpc) is 3.30. The molecule has 9 nitrogen and oxygen atoms in total. The number of anilines is 1. The van der Waals surface area contributed by atoms with Gasteiger partial charge < -0.3 is 10.1 Å². The number of hydrogen-bond donors (Lipinski definition) is 1. The third kappa shape index (κ3) is 5.68. The topological polar surface area (TPSA) is 102 Å². The van der Waals surface area contributed by atoms with Gasteiger partial charge in [-0.15, -0.1) is 5.10 Å². The molecule has 0 aliphatic rings. The number of benzene rings is 2. The molecule has 36 heavy (non-hydrogen) atoms. The van der Waals surface area contributed by atoms with Crippen molar-refractivity contribution < 1.29 is 14.3 Å². The largest absolute Gasteiger partial charge is 0.497 e. The highest BCUT2D eigenvalue weighted by Crippen LogP contribution is 2.30. The van der Waals surface area contributed by atoms with E-state index in [2.05, 4.69) is 34.5 Å². The van der Waals surface area contributed by atoms with Gasteiger partial charge in [-0.3, -0.25) is 19.5 Å². The summed E-state index contributed by atoms with van der Waals surface area (Å²) in [7, 11) is 1.58. The first kappa shape index (κ1) is 24.8. The lowest BCUT2D eigenvalue weighted by Gasteiger charge is -2.31. The van der Waals surface area contributed by atoms with E-state index < -0.39 is 6.04 Å². The van der Waals surface area contributed by atoms with Crippen LogP contribution in [0.5, 0.6) is 5.75 Å². The molecule has 0 fully saturated rings. The zero-order valence-corrected chi connectivity index (χ0v) is 20.7. The summed E-state index contributed by atoms with van der Waals surface area (Å²) in [5.41, 5.74) is 2.58. The molecule has 0 aliphatic carbocycles. The van der Waals surface area contributed by atoms with Gasteiger partial charge in [-0.05, 0) is 54.8 Å². The molecule has 2 heterocycles. The minimum absolute atomic E-state index is 0.0947. The summed E-state index contributed by atoms with van der Waals surface area (Å²) in [6.07, 6.45) is 4.08. The van der Waals surface area contributed by atoms with Crippen molar-refractivity contribution in [2.45, 2.75) is 32.9 Å². The molecule has 2 amide bonds.